The summed E-state index contributed by atoms with van der Waals surface area (Å²) in [7, 11) is 0. The van der Waals surface area contributed by atoms with E-state index in [1.54, 1.807) is 6.92 Å². The quantitative estimate of drug-likeness (QED) is 0.542. The summed E-state index contributed by atoms with van der Waals surface area (Å²) in [6.45, 7) is 1.23. The summed E-state index contributed by atoms with van der Waals surface area (Å²) < 4.78 is 0. The van der Waals surface area contributed by atoms with Gasteiger partial charge in [0.25, 0.3) is 5.91 Å². The molecule has 0 fully saturated rings. The van der Waals surface area contributed by atoms with Gasteiger partial charge in [0.2, 0.25) is 11.9 Å². The number of nitrogens with one attached hydrogen (secondary N) is 3. The molecule has 4 N–H and O–H groups in total. The summed E-state index contributed by atoms with van der Waals surface area (Å²) in [6.07, 6.45) is 0. The highest BCUT2D eigenvalue weighted by molar-refractivity contribution is 5.98. The van der Waals surface area contributed by atoms with Gasteiger partial charge in [-0.25, -0.2) is 4.98 Å². The van der Waals surface area contributed by atoms with E-state index < -0.39 is 24.5 Å². The molecule has 26 heavy (non-hydrogen) atoms. The molecule has 1 heterocycles. The fourth-order valence-electron chi connectivity index (χ4n) is 2.60. The fourth-order valence-corrected chi connectivity index (χ4v) is 2.60. The SMILES string of the molecule is CC(C(=O)NC(CO)C(=O)Nc1nc2ccccc2[nH]1)c1ccccc1. The fraction of sp³-hybridized carbons (Fsp3) is 0.211. The van der Waals surface area contributed by atoms with Crippen LogP contribution in [0.3, 0.4) is 0 Å². The van der Waals surface area contributed by atoms with Crippen LogP contribution in [0.4, 0.5) is 5.95 Å². The monoisotopic (exact) mass is 352 g/mol. The van der Waals surface area contributed by atoms with Crippen molar-refractivity contribution in [3.8, 4) is 0 Å². The number of carbonyl (C=O) groups excluding carboxylic acids is 2. The molecule has 1 aromatic heterocycles. The smallest absolute Gasteiger partial charge is 0.251 e. The molecule has 0 aliphatic heterocycles. The van der Waals surface area contributed by atoms with Crippen molar-refractivity contribution < 1.29 is 14.7 Å². The van der Waals surface area contributed by atoms with Gasteiger partial charge in [-0.1, -0.05) is 42.5 Å². The number of amides is 2. The van der Waals surface area contributed by atoms with E-state index in [0.717, 1.165) is 11.1 Å². The van der Waals surface area contributed by atoms with E-state index in [1.165, 1.54) is 0 Å². The molecule has 0 bridgehead atoms. The average molecular weight is 352 g/mol. The lowest BCUT2D eigenvalue weighted by atomic mass is 10.00. The molecule has 0 aliphatic rings. The van der Waals surface area contributed by atoms with Crippen LogP contribution in [0.5, 0.6) is 0 Å². The zero-order chi connectivity index (χ0) is 18.5. The standard InChI is InChI=1S/C19H20N4O3/c1-12(13-7-3-2-4-8-13)17(25)20-16(11-24)18(26)23-19-21-14-9-5-6-10-15(14)22-19/h2-10,12,16,24H,11H2,1H3,(H,20,25)(H2,21,22,23,26). The number of para-hydroxylation sites is 2. The van der Waals surface area contributed by atoms with E-state index in [4.69, 9.17) is 0 Å². The van der Waals surface area contributed by atoms with Crippen LogP contribution in [0.2, 0.25) is 0 Å². The number of imidazole rings is 1. The number of hydrogen-bond acceptors (Lipinski definition) is 4. The molecule has 7 heteroatoms. The molecular formula is C19H20N4O3. The van der Waals surface area contributed by atoms with Gasteiger partial charge in [-0.15, -0.1) is 0 Å². The lowest BCUT2D eigenvalue weighted by molar-refractivity contribution is -0.128. The maximum atomic E-state index is 12.4. The third kappa shape index (κ3) is 3.89. The van der Waals surface area contributed by atoms with Gasteiger partial charge in [0, 0.05) is 0 Å². The third-order valence-electron chi connectivity index (χ3n) is 4.14. The summed E-state index contributed by atoms with van der Waals surface area (Å²) in [5.41, 5.74) is 2.33. The summed E-state index contributed by atoms with van der Waals surface area (Å²) in [4.78, 5) is 32.0. The van der Waals surface area contributed by atoms with Crippen LogP contribution in [0, 0.1) is 0 Å². The Morgan fingerprint density at radius 1 is 1.08 bits per heavy atom. The highest BCUT2D eigenvalue weighted by Gasteiger charge is 2.24. The van der Waals surface area contributed by atoms with Crippen molar-refractivity contribution in [1.29, 1.82) is 0 Å². The molecule has 0 radical (unpaired) electrons. The molecule has 0 saturated heterocycles. The van der Waals surface area contributed by atoms with Crippen molar-refractivity contribution in [2.24, 2.45) is 0 Å². The lowest BCUT2D eigenvalue weighted by Gasteiger charge is -2.18. The minimum absolute atomic E-state index is 0.264. The number of nitrogens with zero attached hydrogens (tertiary/aromatic N) is 1. The van der Waals surface area contributed by atoms with Gasteiger partial charge >= 0.3 is 0 Å². The minimum Gasteiger partial charge on any atom is -0.394 e. The highest BCUT2D eigenvalue weighted by atomic mass is 16.3. The van der Waals surface area contributed by atoms with E-state index in [0.29, 0.717) is 5.52 Å². The van der Waals surface area contributed by atoms with Crippen molar-refractivity contribution in [1.82, 2.24) is 15.3 Å². The first-order valence-corrected chi connectivity index (χ1v) is 8.30. The van der Waals surface area contributed by atoms with Crippen LogP contribution in [0.15, 0.2) is 54.6 Å². The van der Waals surface area contributed by atoms with Crippen LogP contribution in [-0.2, 0) is 9.59 Å². The van der Waals surface area contributed by atoms with Crippen LogP contribution < -0.4 is 10.6 Å². The number of hydrogen-bond donors (Lipinski definition) is 4. The van der Waals surface area contributed by atoms with Crippen molar-refractivity contribution >= 4 is 28.8 Å². The van der Waals surface area contributed by atoms with Gasteiger partial charge in [0.15, 0.2) is 0 Å². The van der Waals surface area contributed by atoms with Crippen LogP contribution in [0.1, 0.15) is 18.4 Å². The number of aliphatic hydroxyl groups is 1. The summed E-state index contributed by atoms with van der Waals surface area (Å²) in [5, 5.41) is 14.7. The molecule has 134 valence electrons. The van der Waals surface area contributed by atoms with Gasteiger partial charge in [-0.05, 0) is 24.6 Å². The van der Waals surface area contributed by atoms with Gasteiger partial charge in [0.1, 0.15) is 6.04 Å². The molecule has 3 aromatic rings. The first-order valence-electron chi connectivity index (χ1n) is 8.30. The Balaban J connectivity index is 1.65. The molecule has 7 nitrogen and oxygen atoms in total. The van der Waals surface area contributed by atoms with Gasteiger partial charge in [0.05, 0.1) is 23.6 Å². The molecule has 0 saturated carbocycles. The zero-order valence-corrected chi connectivity index (χ0v) is 14.3. The van der Waals surface area contributed by atoms with Crippen LogP contribution in [0.25, 0.3) is 11.0 Å². The first kappa shape index (κ1) is 17.6. The Bertz CT molecular complexity index is 874. The number of fused-ring (bicyclic) bond motifs is 1. The van der Waals surface area contributed by atoms with E-state index >= 15 is 0 Å². The van der Waals surface area contributed by atoms with Gasteiger partial charge in [-0.3, -0.25) is 14.9 Å². The lowest BCUT2D eigenvalue weighted by Crippen LogP contribution is -2.47. The largest absolute Gasteiger partial charge is 0.394 e. The predicted octanol–water partition coefficient (Wildman–Crippen LogP) is 1.78. The maximum absolute atomic E-state index is 12.4. The molecule has 0 spiro atoms. The van der Waals surface area contributed by atoms with Crippen LogP contribution in [-0.4, -0.2) is 39.5 Å². The Kier molecular flexibility index (Phi) is 5.28. The van der Waals surface area contributed by atoms with Crippen LogP contribution >= 0.6 is 0 Å². The Morgan fingerprint density at radius 3 is 2.46 bits per heavy atom. The first-order chi connectivity index (χ1) is 12.6. The normalized spacial score (nSPS) is 13.2. The van der Waals surface area contributed by atoms with Gasteiger partial charge < -0.3 is 15.4 Å². The van der Waals surface area contributed by atoms with E-state index in [9.17, 15) is 14.7 Å². The Morgan fingerprint density at radius 2 is 1.77 bits per heavy atom. The van der Waals surface area contributed by atoms with E-state index in [-0.39, 0.29) is 11.9 Å². The average Bonchev–Trinajstić information content (AvgIpc) is 3.08. The van der Waals surface area contributed by atoms with E-state index in [1.807, 2.05) is 54.6 Å². The molecule has 0 aliphatic carbocycles. The number of carbonyl (C=O) groups is 2. The third-order valence-corrected chi connectivity index (χ3v) is 4.14. The molecule has 3 rings (SSSR count). The number of aromatic nitrogens is 2. The Labute approximate surface area is 150 Å². The maximum Gasteiger partial charge on any atom is 0.251 e. The predicted molar refractivity (Wildman–Crippen MR) is 98.6 cm³/mol. The van der Waals surface area contributed by atoms with Gasteiger partial charge in [-0.2, -0.15) is 0 Å². The number of aliphatic hydroxyl groups excluding tert-OH is 1. The van der Waals surface area contributed by atoms with E-state index in [2.05, 4.69) is 20.6 Å². The second-order valence-electron chi connectivity index (χ2n) is 5.97. The minimum atomic E-state index is -1.07. The molecule has 2 amide bonds. The van der Waals surface area contributed by atoms with Crippen molar-refractivity contribution in [2.75, 3.05) is 11.9 Å². The molecule has 2 unspecified atom stereocenters. The number of rotatable bonds is 6. The number of anilines is 1. The molecule has 2 aromatic carbocycles. The molecular weight excluding hydrogens is 332 g/mol. The number of aromatic amines is 1. The highest BCUT2D eigenvalue weighted by Crippen LogP contribution is 2.15. The zero-order valence-electron chi connectivity index (χ0n) is 14.3. The molecule has 2 atom stereocenters. The number of H-pyrrole nitrogens is 1. The van der Waals surface area contributed by atoms with Crippen molar-refractivity contribution in [3.05, 3.63) is 60.2 Å². The topological polar surface area (TPSA) is 107 Å². The second kappa shape index (κ2) is 7.79. The Hall–Kier alpha value is -3.19. The second-order valence-corrected chi connectivity index (χ2v) is 5.97. The summed E-state index contributed by atoms with van der Waals surface area (Å²) in [6, 6.07) is 15.5. The summed E-state index contributed by atoms with van der Waals surface area (Å²) >= 11 is 0. The summed E-state index contributed by atoms with van der Waals surface area (Å²) in [5.74, 6) is -1.06. The van der Waals surface area contributed by atoms with Crippen molar-refractivity contribution in [2.45, 2.75) is 18.9 Å². The van der Waals surface area contributed by atoms with Crippen molar-refractivity contribution in [3.63, 3.8) is 0 Å². The number of benzene rings is 2.